The molecule has 6 heteroatoms. The zero-order valence-electron chi connectivity index (χ0n) is 19.9. The van der Waals surface area contributed by atoms with Crippen LogP contribution in [-0.2, 0) is 17.8 Å². The van der Waals surface area contributed by atoms with E-state index in [1.54, 1.807) is 14.2 Å². The lowest BCUT2D eigenvalue weighted by Crippen LogP contribution is -2.55. The molecule has 0 radical (unpaired) electrons. The number of benzene rings is 2. The van der Waals surface area contributed by atoms with Gasteiger partial charge in [0.1, 0.15) is 0 Å². The number of ether oxygens (including phenoxy) is 2. The average Bonchev–Trinajstić information content (AvgIpc) is 2.82. The second-order valence-corrected chi connectivity index (χ2v) is 9.52. The summed E-state index contributed by atoms with van der Waals surface area (Å²) in [5.74, 6) is 1.77. The third-order valence-electron chi connectivity index (χ3n) is 7.63. The maximum atomic E-state index is 12.9. The molecule has 2 aromatic rings. The van der Waals surface area contributed by atoms with E-state index in [1.807, 2.05) is 12.1 Å². The van der Waals surface area contributed by atoms with E-state index in [-0.39, 0.29) is 5.91 Å². The maximum Gasteiger partial charge on any atom is 0.236 e. The standard InChI is InChI=1S/C27H35N3O3/c1-32-25-9-8-21(17-26(25)33-2)20-6-7-23-18-28(11-10-22(23)16-20)19-27(31)30-14-12-29(13-15-30)24-4-3-5-24/h6-9,16-17,24H,3-5,10-15,18-19H2,1-2H3. The molecule has 0 spiro atoms. The third-order valence-corrected chi connectivity index (χ3v) is 7.63. The lowest BCUT2D eigenvalue weighted by molar-refractivity contribution is -0.135. The first-order chi connectivity index (χ1) is 16.1. The normalized spacial score (nSPS) is 19.6. The number of fused-ring (bicyclic) bond motifs is 1. The number of rotatable bonds is 6. The monoisotopic (exact) mass is 449 g/mol. The van der Waals surface area contributed by atoms with E-state index in [2.05, 4.69) is 39.0 Å². The van der Waals surface area contributed by atoms with E-state index in [1.165, 1.54) is 36.0 Å². The summed E-state index contributed by atoms with van der Waals surface area (Å²) in [7, 11) is 3.32. The molecule has 3 aliphatic rings. The lowest BCUT2D eigenvalue weighted by atomic mass is 9.91. The smallest absolute Gasteiger partial charge is 0.236 e. The van der Waals surface area contributed by atoms with Crippen molar-refractivity contribution in [1.29, 1.82) is 0 Å². The Morgan fingerprint density at radius 1 is 0.879 bits per heavy atom. The number of piperazine rings is 1. The Bertz CT molecular complexity index is 996. The SMILES string of the molecule is COc1ccc(-c2ccc3c(c2)CCN(CC(=O)N2CCN(C4CCC4)CC2)C3)cc1OC. The van der Waals surface area contributed by atoms with E-state index in [0.717, 1.165) is 68.8 Å². The molecule has 2 aromatic carbocycles. The summed E-state index contributed by atoms with van der Waals surface area (Å²) in [5, 5.41) is 0. The Balaban J connectivity index is 1.19. The second-order valence-electron chi connectivity index (χ2n) is 9.52. The Hall–Kier alpha value is -2.57. The summed E-state index contributed by atoms with van der Waals surface area (Å²) in [6, 6.07) is 13.5. The van der Waals surface area contributed by atoms with Gasteiger partial charge in [-0.25, -0.2) is 0 Å². The fraction of sp³-hybridized carbons (Fsp3) is 0.519. The molecule has 2 aliphatic heterocycles. The molecule has 0 atom stereocenters. The molecule has 2 heterocycles. The van der Waals surface area contributed by atoms with Crippen LogP contribution in [0.2, 0.25) is 0 Å². The van der Waals surface area contributed by atoms with Crippen molar-refractivity contribution in [1.82, 2.24) is 14.7 Å². The van der Waals surface area contributed by atoms with Gasteiger partial charge in [-0.1, -0.05) is 30.7 Å². The van der Waals surface area contributed by atoms with Crippen LogP contribution in [0.25, 0.3) is 11.1 Å². The number of nitrogens with zero attached hydrogens (tertiary/aromatic N) is 3. The van der Waals surface area contributed by atoms with Crippen LogP contribution in [0, 0.1) is 0 Å². The predicted molar refractivity (Wildman–Crippen MR) is 130 cm³/mol. The first-order valence-electron chi connectivity index (χ1n) is 12.2. The van der Waals surface area contributed by atoms with Gasteiger partial charge in [0.05, 0.1) is 20.8 Å². The van der Waals surface area contributed by atoms with Gasteiger partial charge in [0, 0.05) is 45.3 Å². The summed E-state index contributed by atoms with van der Waals surface area (Å²) >= 11 is 0. The van der Waals surface area contributed by atoms with Crippen molar-refractivity contribution in [2.45, 2.75) is 38.3 Å². The highest BCUT2D eigenvalue weighted by molar-refractivity contribution is 5.78. The molecule has 0 N–H and O–H groups in total. The van der Waals surface area contributed by atoms with Gasteiger partial charge >= 0.3 is 0 Å². The fourth-order valence-electron chi connectivity index (χ4n) is 5.32. The molecule has 6 nitrogen and oxygen atoms in total. The van der Waals surface area contributed by atoms with Crippen LogP contribution in [0.15, 0.2) is 36.4 Å². The van der Waals surface area contributed by atoms with Crippen LogP contribution < -0.4 is 9.47 Å². The van der Waals surface area contributed by atoms with Crippen LogP contribution in [0.4, 0.5) is 0 Å². The fourth-order valence-corrected chi connectivity index (χ4v) is 5.32. The summed E-state index contributed by atoms with van der Waals surface area (Å²) < 4.78 is 10.8. The molecular weight excluding hydrogens is 414 g/mol. The number of carbonyl (C=O) groups excluding carboxylic acids is 1. The summed E-state index contributed by atoms with van der Waals surface area (Å²) in [6.07, 6.45) is 5.03. The van der Waals surface area contributed by atoms with E-state index in [9.17, 15) is 4.79 Å². The Morgan fingerprint density at radius 3 is 2.30 bits per heavy atom. The van der Waals surface area contributed by atoms with Crippen LogP contribution in [0.5, 0.6) is 11.5 Å². The minimum atomic E-state index is 0.286. The zero-order valence-corrected chi connectivity index (χ0v) is 19.9. The molecule has 0 bridgehead atoms. The molecule has 1 saturated carbocycles. The summed E-state index contributed by atoms with van der Waals surface area (Å²) in [4.78, 5) is 19.9. The predicted octanol–water partition coefficient (Wildman–Crippen LogP) is 3.43. The van der Waals surface area contributed by atoms with Gasteiger partial charge in [0.25, 0.3) is 0 Å². The number of methoxy groups -OCH3 is 2. The quantitative estimate of drug-likeness (QED) is 0.676. The van der Waals surface area contributed by atoms with Crippen molar-refractivity contribution in [2.24, 2.45) is 0 Å². The molecule has 1 saturated heterocycles. The van der Waals surface area contributed by atoms with Crippen molar-refractivity contribution in [3.63, 3.8) is 0 Å². The first-order valence-corrected chi connectivity index (χ1v) is 12.2. The molecule has 33 heavy (non-hydrogen) atoms. The summed E-state index contributed by atoms with van der Waals surface area (Å²) in [5.41, 5.74) is 5.01. The Labute approximate surface area is 197 Å². The molecule has 1 amide bonds. The Kier molecular flexibility index (Phi) is 6.56. The number of hydrogen-bond acceptors (Lipinski definition) is 5. The number of hydrogen-bond donors (Lipinski definition) is 0. The van der Waals surface area contributed by atoms with Crippen molar-refractivity contribution in [3.05, 3.63) is 47.5 Å². The van der Waals surface area contributed by atoms with Crippen molar-refractivity contribution >= 4 is 5.91 Å². The highest BCUT2D eigenvalue weighted by Gasteiger charge is 2.30. The van der Waals surface area contributed by atoms with Crippen LogP contribution in [-0.4, -0.2) is 80.1 Å². The van der Waals surface area contributed by atoms with Crippen molar-refractivity contribution < 1.29 is 14.3 Å². The lowest BCUT2D eigenvalue weighted by Gasteiger charge is -2.43. The largest absolute Gasteiger partial charge is 0.493 e. The van der Waals surface area contributed by atoms with Crippen LogP contribution in [0.1, 0.15) is 30.4 Å². The van der Waals surface area contributed by atoms with Gasteiger partial charge in [0.15, 0.2) is 11.5 Å². The van der Waals surface area contributed by atoms with E-state index in [0.29, 0.717) is 6.54 Å². The van der Waals surface area contributed by atoms with Crippen LogP contribution >= 0.6 is 0 Å². The number of carbonyl (C=O) groups is 1. The van der Waals surface area contributed by atoms with E-state index >= 15 is 0 Å². The van der Waals surface area contributed by atoms with E-state index in [4.69, 9.17) is 9.47 Å². The molecule has 1 aliphatic carbocycles. The van der Waals surface area contributed by atoms with Crippen molar-refractivity contribution in [2.75, 3.05) is 53.5 Å². The average molecular weight is 450 g/mol. The van der Waals surface area contributed by atoms with E-state index < -0.39 is 0 Å². The maximum absolute atomic E-state index is 12.9. The molecule has 0 aromatic heterocycles. The highest BCUT2D eigenvalue weighted by atomic mass is 16.5. The molecule has 0 unspecified atom stereocenters. The van der Waals surface area contributed by atoms with Gasteiger partial charge in [-0.2, -0.15) is 0 Å². The zero-order chi connectivity index (χ0) is 22.8. The topological polar surface area (TPSA) is 45.2 Å². The molecular formula is C27H35N3O3. The Morgan fingerprint density at radius 2 is 1.61 bits per heavy atom. The van der Waals surface area contributed by atoms with Gasteiger partial charge in [-0.15, -0.1) is 0 Å². The van der Waals surface area contributed by atoms with Gasteiger partial charge < -0.3 is 14.4 Å². The van der Waals surface area contributed by atoms with Crippen molar-refractivity contribution in [3.8, 4) is 22.6 Å². The van der Waals surface area contributed by atoms with Gasteiger partial charge in [-0.3, -0.25) is 14.6 Å². The molecule has 176 valence electrons. The molecule has 5 rings (SSSR count). The van der Waals surface area contributed by atoms with Gasteiger partial charge in [0.2, 0.25) is 5.91 Å². The highest BCUT2D eigenvalue weighted by Crippen LogP contribution is 2.34. The number of amides is 1. The summed E-state index contributed by atoms with van der Waals surface area (Å²) in [6.45, 7) is 6.14. The minimum absolute atomic E-state index is 0.286. The minimum Gasteiger partial charge on any atom is -0.493 e. The third kappa shape index (κ3) is 4.73. The molecule has 2 fully saturated rings. The van der Waals surface area contributed by atoms with Crippen LogP contribution in [0.3, 0.4) is 0 Å². The second kappa shape index (κ2) is 9.74. The van der Waals surface area contributed by atoms with Gasteiger partial charge in [-0.05, 0) is 53.6 Å². The first kappa shape index (κ1) is 22.2.